The molecule has 0 aliphatic heterocycles. The zero-order valence-corrected chi connectivity index (χ0v) is 76.4. The van der Waals surface area contributed by atoms with E-state index in [1.165, 1.54) is 0 Å². The summed E-state index contributed by atoms with van der Waals surface area (Å²) >= 11 is 0. The topological polar surface area (TPSA) is 928 Å². The van der Waals surface area contributed by atoms with Crippen molar-refractivity contribution in [2.45, 2.75) is 222 Å². The van der Waals surface area contributed by atoms with E-state index in [-0.39, 0.29) is 110 Å². The fraction of sp³-hybridized carbons (Fsp3) is 0.577. The number of rotatable bonds is 67. The van der Waals surface area contributed by atoms with Crippen LogP contribution in [0.2, 0.25) is 0 Å². The number of amides is 14. The van der Waals surface area contributed by atoms with Gasteiger partial charge in [0.05, 0.1) is 32.2 Å². The zero-order valence-electron chi connectivity index (χ0n) is 74.7. The lowest BCUT2D eigenvalue weighted by molar-refractivity contribution is -0.140. The minimum atomic E-state index is -5.64. The third-order valence-corrected chi connectivity index (χ3v) is 20.6. The van der Waals surface area contributed by atoms with Crippen molar-refractivity contribution in [1.29, 1.82) is 16.2 Å². The highest BCUT2D eigenvalue weighted by Crippen LogP contribution is 2.37. The quantitative estimate of drug-likeness (QED) is 0.00961. The lowest BCUT2D eigenvalue weighted by Gasteiger charge is -2.29. The van der Waals surface area contributed by atoms with Crippen LogP contribution in [0.5, 0.6) is 0 Å². The summed E-state index contributed by atoms with van der Waals surface area (Å²) in [5.41, 5.74) is 28.9. The molecule has 0 unspecified atom stereocenters. The number of nitrogens with one attached hydrogen (secondary N) is 20. The van der Waals surface area contributed by atoms with Gasteiger partial charge in [-0.1, -0.05) is 94.8 Å². The van der Waals surface area contributed by atoms with Crippen LogP contribution >= 0.6 is 15.6 Å². The molecule has 2 rings (SSSR count). The van der Waals surface area contributed by atoms with Gasteiger partial charge in [-0.05, 0) is 107 Å². The average molecular weight is 1960 g/mol. The summed E-state index contributed by atoms with van der Waals surface area (Å²) in [6.45, 7) is 1.84. The Bertz CT molecular complexity index is 4460. The molecule has 57 heteroatoms. The Kier molecular flexibility index (Phi) is 53.8. The van der Waals surface area contributed by atoms with Crippen molar-refractivity contribution < 1.29 is 144 Å². The Labute approximate surface area is 774 Å². The van der Waals surface area contributed by atoms with Crippen molar-refractivity contribution in [3.05, 3.63) is 71.8 Å². The van der Waals surface area contributed by atoms with Crippen LogP contribution in [0.1, 0.15) is 142 Å². The molecule has 0 radical (unpaired) electrons. The summed E-state index contributed by atoms with van der Waals surface area (Å²) in [5, 5.41) is 102. The maximum absolute atomic E-state index is 15.1. The first-order valence-corrected chi connectivity index (χ1v) is 45.6. The van der Waals surface area contributed by atoms with Crippen molar-refractivity contribution in [3.63, 3.8) is 0 Å². The van der Waals surface area contributed by atoms with Gasteiger partial charge in [-0.3, -0.25) is 112 Å². The van der Waals surface area contributed by atoms with E-state index in [4.69, 9.17) is 50.0 Å². The molecule has 0 fully saturated rings. The highest BCUT2D eigenvalue weighted by Gasteiger charge is 2.40. The van der Waals surface area contributed by atoms with E-state index in [0.29, 0.717) is 11.1 Å². The molecule has 2 aromatic carbocycles. The number of unbranched alkanes of at least 4 members (excludes halogenated alkanes) is 1. The van der Waals surface area contributed by atoms with Gasteiger partial charge >= 0.3 is 39.5 Å². The van der Waals surface area contributed by atoms with E-state index >= 15 is 4.79 Å². The van der Waals surface area contributed by atoms with E-state index in [1.54, 1.807) is 88.4 Å². The first-order chi connectivity index (χ1) is 63.3. The number of hydrogen-bond donors (Lipinski definition) is 33. The van der Waals surface area contributed by atoms with Crippen LogP contribution in [0.15, 0.2) is 60.7 Å². The first-order valence-electron chi connectivity index (χ1n) is 42.6. The van der Waals surface area contributed by atoms with Gasteiger partial charge in [0.2, 0.25) is 82.7 Å². The lowest BCUT2D eigenvalue weighted by atomic mass is 9.97. The highest BCUT2D eigenvalue weighted by atomic mass is 31.2. The van der Waals surface area contributed by atoms with Gasteiger partial charge in [-0.2, -0.15) is 0 Å². The monoisotopic (exact) mass is 1960 g/mol. The van der Waals surface area contributed by atoms with Gasteiger partial charge in [0, 0.05) is 45.3 Å². The van der Waals surface area contributed by atoms with E-state index in [9.17, 15) is 126 Å². The number of carboxylic acids is 4. The second-order valence-corrected chi connectivity index (χ2v) is 33.8. The van der Waals surface area contributed by atoms with Crippen molar-refractivity contribution in [1.82, 2.24) is 90.4 Å². The minimum Gasteiger partial charge on any atom is -0.481 e. The number of phosphoric ester groups is 2. The molecule has 55 nitrogen and oxygen atoms in total. The van der Waals surface area contributed by atoms with Gasteiger partial charge in [0.15, 0.2) is 17.9 Å². The van der Waals surface area contributed by atoms with Crippen LogP contribution in [-0.4, -0.2) is 295 Å². The van der Waals surface area contributed by atoms with Gasteiger partial charge in [0.1, 0.15) is 79.0 Å². The number of aliphatic carboxylic acids is 4. The number of hydrogen-bond acceptors (Lipinski definition) is 27. The Balaban J connectivity index is 2.71. The summed E-state index contributed by atoms with van der Waals surface area (Å²) in [6, 6.07) is -7.29. The van der Waals surface area contributed by atoms with E-state index in [1.807, 2.05) is 16.0 Å². The van der Waals surface area contributed by atoms with Gasteiger partial charge in [-0.25, -0.2) is 9.13 Å². The fourth-order valence-electron chi connectivity index (χ4n) is 12.5. The Morgan fingerprint density at radius 2 is 0.689 bits per heavy atom. The number of nitrogens with two attached hydrogens (primary N) is 5. The Morgan fingerprint density at radius 3 is 1.04 bits per heavy atom. The van der Waals surface area contributed by atoms with Crippen LogP contribution in [0.4, 0.5) is 0 Å². The van der Waals surface area contributed by atoms with Crippen molar-refractivity contribution in [2.75, 3.05) is 52.5 Å². The molecule has 0 saturated heterocycles. The number of benzene rings is 2. The van der Waals surface area contributed by atoms with E-state index in [0.717, 1.165) is 0 Å². The van der Waals surface area contributed by atoms with Crippen molar-refractivity contribution >= 4 is 140 Å². The van der Waals surface area contributed by atoms with Gasteiger partial charge in [0.25, 0.3) is 0 Å². The maximum atomic E-state index is 15.1. The number of guanidine groups is 3. The molecule has 0 aromatic heterocycles. The van der Waals surface area contributed by atoms with Crippen LogP contribution in [-0.2, 0) is 117 Å². The summed E-state index contributed by atoms with van der Waals surface area (Å²) in [7, 11) is -11.2. The molecular weight excluding hydrogens is 1830 g/mol. The minimum absolute atomic E-state index is 0.00302. The molecule has 0 bridgehead atoms. The predicted octanol–water partition coefficient (Wildman–Crippen LogP) is -8.63. The maximum Gasteiger partial charge on any atom is 0.469 e. The molecule has 0 aliphatic rings. The molecule has 38 N–H and O–H groups in total. The Morgan fingerprint density at radius 1 is 0.370 bits per heavy atom. The van der Waals surface area contributed by atoms with Crippen LogP contribution < -0.4 is 119 Å². The lowest BCUT2D eigenvalue weighted by Crippen LogP contribution is -2.61. The van der Waals surface area contributed by atoms with Crippen LogP contribution in [0.3, 0.4) is 0 Å². The second kappa shape index (κ2) is 61.6. The van der Waals surface area contributed by atoms with Gasteiger partial charge in [-0.15, -0.1) is 0 Å². The second-order valence-electron chi connectivity index (χ2n) is 31.3. The third-order valence-electron chi connectivity index (χ3n) is 19.6. The molecule has 0 aliphatic carbocycles. The van der Waals surface area contributed by atoms with E-state index < -0.39 is 289 Å². The molecule has 2 aromatic rings. The molecular formula is C78H127N25O30P2. The molecule has 0 heterocycles. The first kappa shape index (κ1) is 118. The molecule has 0 saturated carbocycles. The summed E-state index contributed by atoms with van der Waals surface area (Å²) in [5.74, 6) is -25.4. The highest BCUT2D eigenvalue weighted by molar-refractivity contribution is 7.46. The largest absolute Gasteiger partial charge is 0.481 e. The number of carbonyl (C=O) groups excluding carboxylic acids is 14. The average Bonchev–Trinajstić information content (AvgIpc) is 0.841. The number of carboxylic acid groups (broad SMARTS) is 4. The normalized spacial score (nSPS) is 14.3. The number of carbonyl (C=O) groups is 18. The number of phosphoric acid groups is 2. The van der Waals surface area contributed by atoms with Crippen molar-refractivity contribution in [3.8, 4) is 0 Å². The van der Waals surface area contributed by atoms with E-state index in [2.05, 4.69) is 83.5 Å². The van der Waals surface area contributed by atoms with Crippen LogP contribution in [0.25, 0.3) is 0 Å². The Hall–Kier alpha value is -13.2. The molecule has 0 spiro atoms. The van der Waals surface area contributed by atoms with Crippen molar-refractivity contribution in [2.24, 2.45) is 40.5 Å². The zero-order chi connectivity index (χ0) is 102. The smallest absolute Gasteiger partial charge is 0.469 e. The third kappa shape index (κ3) is 51.1. The molecule has 754 valence electrons. The predicted molar refractivity (Wildman–Crippen MR) is 476 cm³/mol. The SMILES string of the molecule is CC[C@H](C)[C@H](NC(=O)[C@H](CCCNC(=N)N)NC(=O)[C@H](CCCNC(=N)N)NC(=O)[C@H](CC(C)C)NC(=O)[C@H](Cc1ccccc1)NC(=O)[C@H](CCCC[15NH2])NC(=O)[C@H](CCC(=O)O)NC(=O)[C@H](CCC(=O)O)NC(=O)[C@H](COP(=O)(O)O)NC(=O)[C@H](COP(=O)(O)O)NC(=O)[C@@H](N)CC(=O)O)C(=O)NCC(=O)N[C@@H](CCCNC(=N)N)C(=O)N[C@@H](Cc1ccccc1)C(=O)NCC(=O)O. The molecule has 14 amide bonds. The standard InChI is InChI=1S/C78H127N25O30P2/c1-5-42(4)62(75(125)90-37-57(104)92-46(22-14-30-87-76(81)82)65(115)99-53(64(114)91-38-61(111)112)34-43-17-8-6-9-18-43)103-70(120)49(24-16-32-89-78(85)86)94-66(116)48(23-15-31-88-77(83)84)95-71(121)52(33-41(2)3)98-72(122)54(35-44-19-10-7-11-20-44)100-67(117)47(21-12-13-29-79)93-68(118)50(25-27-58(105)106)96-69(119)51(26-28-59(107)108)97-73(123)56(40-133-135(129,130)131)102-74(124)55(39-132-134(126,127)128)101-63(113)45(80)36-60(109)110/h6-11,17-20,41-42,45-56,62H,5,12-16,21-40,79-80H2,1-4H3,(H,90,125)(H,91,114)(H,92,104)(H,93,118)(H,94,116)(H,95,121)(H,96,119)(H,97,123)(H,98,122)(H,99,115)(H,100,117)(H,101,113)(H,102,124)(H,103,120)(H,105,106)(H,107,108)(H,109,110)(H,111,112)(H4,81,82,87)(H4,83,84,88)(H4,85,86,89)(H2,126,127,128)(H2,129,130,131)/t42-,45-,46-,47-,48-,49-,50-,51-,52-,53-,54-,55-,56-,62-/m0/s1/i79+1. The molecule has 135 heavy (non-hydrogen) atoms. The summed E-state index contributed by atoms with van der Waals surface area (Å²) in [4.78, 5) is 284. The van der Waals surface area contributed by atoms with Crippen LogP contribution in [0, 0.1) is 28.1 Å². The fourth-order valence-corrected chi connectivity index (χ4v) is 13.2. The van der Waals surface area contributed by atoms with Gasteiger partial charge < -0.3 is 159 Å². The summed E-state index contributed by atoms with van der Waals surface area (Å²) < 4.78 is 32.3. The summed E-state index contributed by atoms with van der Waals surface area (Å²) in [6.07, 6.45) is -6.02. The molecule has 14 atom stereocenters.